The van der Waals surface area contributed by atoms with E-state index in [4.69, 9.17) is 9.84 Å². The molecule has 5 nitrogen and oxygen atoms in total. The van der Waals surface area contributed by atoms with Gasteiger partial charge in [-0.15, -0.1) is 0 Å². The smallest absolute Gasteiger partial charge is 0.307 e. The maximum atomic E-state index is 10.7. The Morgan fingerprint density at radius 3 is 2.88 bits per heavy atom. The number of carbonyl (C=O) groups is 1. The highest BCUT2D eigenvalue weighted by atomic mass is 32.1. The molecule has 2 rings (SSSR count). The zero-order chi connectivity index (χ0) is 12.3. The van der Waals surface area contributed by atoms with Crippen LogP contribution in [0.25, 0.3) is 0 Å². The van der Waals surface area contributed by atoms with E-state index in [1.165, 1.54) is 0 Å². The average Bonchev–Trinajstić information content (AvgIpc) is 2.66. The summed E-state index contributed by atoms with van der Waals surface area (Å²) in [6.45, 7) is 1.77. The molecule has 0 aliphatic rings. The van der Waals surface area contributed by atoms with Gasteiger partial charge in [-0.05, 0) is 13.0 Å². The number of carboxylic acids is 1. The minimum Gasteiger partial charge on any atom is -0.481 e. The Bertz CT molecular complexity index is 539. The first-order valence-electron chi connectivity index (χ1n) is 4.93. The number of nitrogens with zero attached hydrogens (tertiary/aromatic N) is 2. The normalized spacial score (nSPS) is 10.2. The third-order valence-electron chi connectivity index (χ3n) is 2.02. The molecule has 2 aromatic rings. The largest absolute Gasteiger partial charge is 0.481 e. The predicted octanol–water partition coefficient (Wildman–Crippen LogP) is 2.27. The minimum absolute atomic E-state index is 0.0754. The molecule has 0 bridgehead atoms. The lowest BCUT2D eigenvalue weighted by molar-refractivity contribution is -0.136. The lowest BCUT2D eigenvalue weighted by Crippen LogP contribution is -2.01. The van der Waals surface area contributed by atoms with Crippen molar-refractivity contribution in [1.82, 2.24) is 9.36 Å². The summed E-state index contributed by atoms with van der Waals surface area (Å²) in [5.41, 5.74) is 0.618. The topological polar surface area (TPSA) is 72.3 Å². The van der Waals surface area contributed by atoms with E-state index >= 15 is 0 Å². The first kappa shape index (κ1) is 11.5. The molecule has 1 N–H and O–H groups in total. The van der Waals surface area contributed by atoms with E-state index < -0.39 is 5.97 Å². The third kappa shape index (κ3) is 3.01. The van der Waals surface area contributed by atoms with Gasteiger partial charge in [0.15, 0.2) is 0 Å². The van der Waals surface area contributed by atoms with Crippen LogP contribution < -0.4 is 4.74 Å². The van der Waals surface area contributed by atoms with Gasteiger partial charge in [0.2, 0.25) is 0 Å². The van der Waals surface area contributed by atoms with Gasteiger partial charge in [-0.25, -0.2) is 0 Å². The van der Waals surface area contributed by atoms with Gasteiger partial charge in [0.1, 0.15) is 11.6 Å². The van der Waals surface area contributed by atoms with E-state index in [-0.39, 0.29) is 6.42 Å². The molecule has 1 aromatic heterocycles. The molecule has 6 heteroatoms. The van der Waals surface area contributed by atoms with E-state index in [2.05, 4.69) is 9.36 Å². The highest BCUT2D eigenvalue weighted by Gasteiger charge is 2.10. The molecular formula is C11H10N2O3S. The van der Waals surface area contributed by atoms with Crippen LogP contribution >= 0.6 is 11.5 Å². The van der Waals surface area contributed by atoms with Crippen molar-refractivity contribution < 1.29 is 14.6 Å². The third-order valence-corrected chi connectivity index (χ3v) is 2.71. The molecule has 0 aliphatic carbocycles. The van der Waals surface area contributed by atoms with Gasteiger partial charge in [0.25, 0.3) is 5.19 Å². The Labute approximate surface area is 102 Å². The van der Waals surface area contributed by atoms with E-state index in [0.29, 0.717) is 22.3 Å². The summed E-state index contributed by atoms with van der Waals surface area (Å²) in [5, 5.41) is 9.20. The maximum Gasteiger partial charge on any atom is 0.307 e. The van der Waals surface area contributed by atoms with Crippen LogP contribution in [0.5, 0.6) is 10.9 Å². The number of carboxylic acid groups (broad SMARTS) is 1. The second-order valence-electron chi connectivity index (χ2n) is 3.39. The summed E-state index contributed by atoms with van der Waals surface area (Å²) >= 11 is 1.14. The van der Waals surface area contributed by atoms with Crippen molar-refractivity contribution in [2.75, 3.05) is 0 Å². The fraction of sp³-hybridized carbons (Fsp3) is 0.182. The van der Waals surface area contributed by atoms with Crippen LogP contribution in [0.4, 0.5) is 0 Å². The van der Waals surface area contributed by atoms with Crippen molar-refractivity contribution in [2.24, 2.45) is 0 Å². The predicted molar refractivity (Wildman–Crippen MR) is 62.5 cm³/mol. The summed E-state index contributed by atoms with van der Waals surface area (Å²) in [4.78, 5) is 14.8. The Kier molecular flexibility index (Phi) is 3.34. The van der Waals surface area contributed by atoms with Crippen LogP contribution in [-0.4, -0.2) is 20.4 Å². The number of hydrogen-bond acceptors (Lipinski definition) is 5. The van der Waals surface area contributed by atoms with Gasteiger partial charge in [0, 0.05) is 17.1 Å². The van der Waals surface area contributed by atoms with Crippen LogP contribution in [0.2, 0.25) is 0 Å². The van der Waals surface area contributed by atoms with Crippen LogP contribution in [0.1, 0.15) is 11.4 Å². The molecule has 0 spiro atoms. The van der Waals surface area contributed by atoms with Crippen LogP contribution in [0.3, 0.4) is 0 Å². The molecular weight excluding hydrogens is 240 g/mol. The number of aliphatic carboxylic acids is 1. The van der Waals surface area contributed by atoms with Crippen molar-refractivity contribution in [3.8, 4) is 10.9 Å². The molecule has 0 aliphatic heterocycles. The Balaban J connectivity index is 2.23. The van der Waals surface area contributed by atoms with Crippen LogP contribution in [0, 0.1) is 6.92 Å². The average molecular weight is 250 g/mol. The van der Waals surface area contributed by atoms with E-state index in [9.17, 15) is 4.79 Å². The number of benzene rings is 1. The van der Waals surface area contributed by atoms with E-state index in [0.717, 1.165) is 11.5 Å². The van der Waals surface area contributed by atoms with Gasteiger partial charge in [-0.1, -0.05) is 18.2 Å². The molecule has 1 heterocycles. The van der Waals surface area contributed by atoms with E-state index in [1.54, 1.807) is 31.2 Å². The van der Waals surface area contributed by atoms with Crippen molar-refractivity contribution in [3.05, 3.63) is 35.7 Å². The molecule has 17 heavy (non-hydrogen) atoms. The molecule has 0 radical (unpaired) electrons. The number of aromatic nitrogens is 2. The fourth-order valence-corrected chi connectivity index (χ4v) is 1.88. The monoisotopic (exact) mass is 250 g/mol. The SMILES string of the molecule is Cc1nsc(Oc2ccccc2CC(=O)O)n1. The van der Waals surface area contributed by atoms with Crippen molar-refractivity contribution in [2.45, 2.75) is 13.3 Å². The number of aryl methyl sites for hydroxylation is 1. The van der Waals surface area contributed by atoms with Crippen LogP contribution in [0.15, 0.2) is 24.3 Å². The van der Waals surface area contributed by atoms with E-state index in [1.807, 2.05) is 0 Å². The van der Waals surface area contributed by atoms with Crippen LogP contribution in [-0.2, 0) is 11.2 Å². The number of para-hydroxylation sites is 1. The quantitative estimate of drug-likeness (QED) is 0.901. The second kappa shape index (κ2) is 4.92. The van der Waals surface area contributed by atoms with Gasteiger partial charge in [-0.2, -0.15) is 9.36 Å². The molecule has 0 amide bonds. The maximum absolute atomic E-state index is 10.7. The standard InChI is InChI=1S/C11H10N2O3S/c1-7-12-11(17-13-7)16-9-5-3-2-4-8(9)6-10(14)15/h2-5H,6H2,1H3,(H,14,15). The Hall–Kier alpha value is -1.95. The summed E-state index contributed by atoms with van der Waals surface area (Å²) in [6, 6.07) is 7.00. The van der Waals surface area contributed by atoms with Gasteiger partial charge in [0.05, 0.1) is 6.42 Å². The second-order valence-corrected chi connectivity index (χ2v) is 4.10. The number of ether oxygens (including phenoxy) is 1. The van der Waals surface area contributed by atoms with Crippen molar-refractivity contribution >= 4 is 17.5 Å². The fourth-order valence-electron chi connectivity index (χ4n) is 1.33. The molecule has 0 fully saturated rings. The molecule has 1 aromatic carbocycles. The highest BCUT2D eigenvalue weighted by Crippen LogP contribution is 2.26. The Morgan fingerprint density at radius 2 is 2.24 bits per heavy atom. The number of rotatable bonds is 4. The summed E-state index contributed by atoms with van der Waals surface area (Å²) in [7, 11) is 0. The van der Waals surface area contributed by atoms with Crippen molar-refractivity contribution in [3.63, 3.8) is 0 Å². The summed E-state index contributed by atoms with van der Waals surface area (Å²) < 4.78 is 9.51. The summed E-state index contributed by atoms with van der Waals surface area (Å²) in [5.74, 6) is 0.251. The molecule has 88 valence electrons. The summed E-state index contributed by atoms with van der Waals surface area (Å²) in [6.07, 6.45) is -0.0754. The Morgan fingerprint density at radius 1 is 1.47 bits per heavy atom. The minimum atomic E-state index is -0.894. The zero-order valence-electron chi connectivity index (χ0n) is 9.08. The lowest BCUT2D eigenvalue weighted by atomic mass is 10.1. The molecule has 0 atom stereocenters. The molecule has 0 saturated heterocycles. The number of hydrogen-bond donors (Lipinski definition) is 1. The van der Waals surface area contributed by atoms with Crippen molar-refractivity contribution in [1.29, 1.82) is 0 Å². The molecule has 0 unspecified atom stereocenters. The van der Waals surface area contributed by atoms with Gasteiger partial charge >= 0.3 is 5.97 Å². The molecule has 0 saturated carbocycles. The van der Waals surface area contributed by atoms with Gasteiger partial charge in [-0.3, -0.25) is 4.79 Å². The zero-order valence-corrected chi connectivity index (χ0v) is 9.90. The first-order chi connectivity index (χ1) is 8.15. The first-order valence-corrected chi connectivity index (χ1v) is 5.70. The lowest BCUT2D eigenvalue weighted by Gasteiger charge is -2.06. The van der Waals surface area contributed by atoms with Gasteiger partial charge < -0.3 is 9.84 Å². The highest BCUT2D eigenvalue weighted by molar-refractivity contribution is 7.07.